The van der Waals surface area contributed by atoms with Crippen molar-refractivity contribution in [2.24, 2.45) is 0 Å². The molecule has 1 heterocycles. The van der Waals surface area contributed by atoms with Crippen LogP contribution in [0.2, 0.25) is 0 Å². The number of carbonyl (C=O) groups is 2. The summed E-state index contributed by atoms with van der Waals surface area (Å²) >= 11 is 0. The minimum absolute atomic E-state index is 0.0510. The molecule has 0 spiro atoms. The van der Waals surface area contributed by atoms with Crippen LogP contribution in [0.3, 0.4) is 0 Å². The van der Waals surface area contributed by atoms with Crippen LogP contribution in [0.25, 0.3) is 0 Å². The molecule has 3 rings (SSSR count). The molecular weight excluding hydrogens is 494 g/mol. The van der Waals surface area contributed by atoms with Crippen LogP contribution >= 0.6 is 0 Å². The summed E-state index contributed by atoms with van der Waals surface area (Å²) in [6, 6.07) is 13.4. The molecule has 2 aromatic carbocycles. The number of benzene rings is 2. The molecule has 2 aromatic rings. The fraction of sp³-hybridized carbons (Fsp3) is 0.481. The van der Waals surface area contributed by atoms with Gasteiger partial charge < -0.3 is 19.7 Å². The lowest BCUT2D eigenvalue weighted by Crippen LogP contribution is -2.53. The summed E-state index contributed by atoms with van der Waals surface area (Å²) in [5.41, 5.74) is 1.14. The Morgan fingerprint density at radius 2 is 1.65 bits per heavy atom. The number of anilines is 1. The van der Waals surface area contributed by atoms with Crippen molar-refractivity contribution in [3.8, 4) is 11.5 Å². The molecule has 2 atom stereocenters. The molecule has 37 heavy (non-hydrogen) atoms. The number of nitrogens with one attached hydrogen (secondary N) is 1. The van der Waals surface area contributed by atoms with Crippen molar-refractivity contribution in [1.82, 2.24) is 10.2 Å². The number of fused-ring (bicyclic) bond motifs is 1. The van der Waals surface area contributed by atoms with Gasteiger partial charge in [-0.2, -0.15) is 0 Å². The Morgan fingerprint density at radius 1 is 0.973 bits per heavy atom. The van der Waals surface area contributed by atoms with Gasteiger partial charge in [0.1, 0.15) is 25.8 Å². The first kappa shape index (κ1) is 28.3. The highest BCUT2D eigenvalue weighted by molar-refractivity contribution is 7.92. The predicted octanol–water partition coefficient (Wildman–Crippen LogP) is 3.34. The van der Waals surface area contributed by atoms with Gasteiger partial charge in [0.25, 0.3) is 0 Å². The monoisotopic (exact) mass is 531 g/mol. The lowest BCUT2D eigenvalue weighted by atomic mass is 10.1. The number of hydrogen-bond donors (Lipinski definition) is 1. The Kier molecular flexibility index (Phi) is 9.79. The highest BCUT2D eigenvalue weighted by atomic mass is 32.2. The van der Waals surface area contributed by atoms with Gasteiger partial charge in [0, 0.05) is 18.7 Å². The van der Waals surface area contributed by atoms with E-state index < -0.39 is 28.5 Å². The molecule has 9 nitrogen and oxygen atoms in total. The third-order valence-electron chi connectivity index (χ3n) is 6.38. The summed E-state index contributed by atoms with van der Waals surface area (Å²) < 4.78 is 38.6. The third kappa shape index (κ3) is 7.15. The summed E-state index contributed by atoms with van der Waals surface area (Å²) in [6.45, 7) is 7.74. The zero-order valence-electron chi connectivity index (χ0n) is 22.0. The number of carbonyl (C=O) groups excluding carboxylic acids is 2. The highest BCUT2D eigenvalue weighted by Crippen LogP contribution is 2.35. The van der Waals surface area contributed by atoms with Gasteiger partial charge in [0.15, 0.2) is 11.5 Å². The van der Waals surface area contributed by atoms with Crippen molar-refractivity contribution in [2.75, 3.05) is 29.8 Å². The molecule has 2 amide bonds. The van der Waals surface area contributed by atoms with Crippen LogP contribution in [0.4, 0.5) is 5.69 Å². The minimum atomic E-state index is -3.83. The average molecular weight is 532 g/mol. The summed E-state index contributed by atoms with van der Waals surface area (Å²) in [5, 5.41) is 2.97. The lowest BCUT2D eigenvalue weighted by molar-refractivity contribution is -0.140. The van der Waals surface area contributed by atoms with Crippen LogP contribution in [0.5, 0.6) is 11.5 Å². The molecular formula is C27H37N3O6S. The molecule has 0 saturated heterocycles. The summed E-state index contributed by atoms with van der Waals surface area (Å²) in [4.78, 5) is 28.5. The maximum Gasteiger partial charge on any atom is 0.244 e. The summed E-state index contributed by atoms with van der Waals surface area (Å²) in [7, 11) is -3.83. The van der Waals surface area contributed by atoms with E-state index in [0.29, 0.717) is 36.8 Å². The first-order valence-electron chi connectivity index (χ1n) is 12.7. The zero-order chi connectivity index (χ0) is 27.0. The fourth-order valence-electron chi connectivity index (χ4n) is 4.05. The molecule has 202 valence electrons. The number of nitrogens with zero attached hydrogens (tertiary/aromatic N) is 2. The van der Waals surface area contributed by atoms with Crippen molar-refractivity contribution in [3.05, 3.63) is 54.1 Å². The van der Waals surface area contributed by atoms with E-state index in [-0.39, 0.29) is 24.2 Å². The van der Waals surface area contributed by atoms with E-state index in [2.05, 4.69) is 5.32 Å². The van der Waals surface area contributed by atoms with E-state index >= 15 is 0 Å². The van der Waals surface area contributed by atoms with Crippen molar-refractivity contribution < 1.29 is 27.5 Å². The van der Waals surface area contributed by atoms with Crippen LogP contribution < -0.4 is 19.1 Å². The molecule has 10 heteroatoms. The van der Waals surface area contributed by atoms with Gasteiger partial charge in [0.05, 0.1) is 11.4 Å². The molecule has 0 radical (unpaired) electrons. The molecule has 0 aliphatic carbocycles. The first-order chi connectivity index (χ1) is 17.7. The number of hydrogen-bond acceptors (Lipinski definition) is 6. The molecule has 1 aliphatic heterocycles. The second-order valence-electron chi connectivity index (χ2n) is 8.98. The first-order valence-corrected chi connectivity index (χ1v) is 14.3. The van der Waals surface area contributed by atoms with Crippen molar-refractivity contribution in [3.63, 3.8) is 0 Å². The van der Waals surface area contributed by atoms with Gasteiger partial charge in [0.2, 0.25) is 21.8 Å². The maximum absolute atomic E-state index is 13.8. The van der Waals surface area contributed by atoms with E-state index in [0.717, 1.165) is 16.3 Å². The van der Waals surface area contributed by atoms with Crippen molar-refractivity contribution in [1.29, 1.82) is 0 Å². The molecule has 0 saturated carbocycles. The van der Waals surface area contributed by atoms with Crippen molar-refractivity contribution in [2.45, 2.75) is 59.2 Å². The van der Waals surface area contributed by atoms with Crippen LogP contribution in [-0.2, 0) is 26.2 Å². The minimum Gasteiger partial charge on any atom is -0.486 e. The van der Waals surface area contributed by atoms with E-state index in [1.54, 1.807) is 18.2 Å². The van der Waals surface area contributed by atoms with Gasteiger partial charge in [-0.1, -0.05) is 44.2 Å². The SMILES string of the molecule is CC[C@@H](C)NC(=O)[C@H](CC)N(Cc1ccccc1)C(=O)CN(c1ccc2c(c1)OCCO2)S(=O)(=O)CC. The second-order valence-corrected chi connectivity index (χ2v) is 11.2. The second kappa shape index (κ2) is 12.8. The molecule has 0 bridgehead atoms. The summed E-state index contributed by atoms with van der Waals surface area (Å²) in [5.74, 6) is 0.0213. The van der Waals surface area contributed by atoms with E-state index in [1.165, 1.54) is 11.8 Å². The molecule has 0 unspecified atom stereocenters. The Morgan fingerprint density at radius 3 is 2.27 bits per heavy atom. The number of rotatable bonds is 12. The van der Waals surface area contributed by atoms with Gasteiger partial charge in [-0.15, -0.1) is 0 Å². The molecule has 0 aromatic heterocycles. The lowest BCUT2D eigenvalue weighted by Gasteiger charge is -2.33. The van der Waals surface area contributed by atoms with Crippen LogP contribution in [-0.4, -0.2) is 62.7 Å². The molecule has 1 N–H and O–H groups in total. The summed E-state index contributed by atoms with van der Waals surface area (Å²) in [6.07, 6.45) is 1.13. The van der Waals surface area contributed by atoms with Gasteiger partial charge >= 0.3 is 0 Å². The van der Waals surface area contributed by atoms with E-state index in [4.69, 9.17) is 9.47 Å². The number of ether oxygens (including phenoxy) is 2. The zero-order valence-corrected chi connectivity index (χ0v) is 22.8. The number of sulfonamides is 1. The normalized spacial score (nSPS) is 14.4. The number of amides is 2. The van der Waals surface area contributed by atoms with Crippen LogP contribution in [0, 0.1) is 0 Å². The average Bonchev–Trinajstić information content (AvgIpc) is 2.91. The maximum atomic E-state index is 13.8. The smallest absolute Gasteiger partial charge is 0.244 e. The van der Waals surface area contributed by atoms with Gasteiger partial charge in [-0.05, 0) is 44.4 Å². The highest BCUT2D eigenvalue weighted by Gasteiger charge is 2.33. The van der Waals surface area contributed by atoms with Crippen molar-refractivity contribution >= 4 is 27.5 Å². The molecule has 1 aliphatic rings. The predicted molar refractivity (Wildman–Crippen MR) is 143 cm³/mol. The van der Waals surface area contributed by atoms with Crippen LogP contribution in [0.1, 0.15) is 46.1 Å². The Hall–Kier alpha value is -3.27. The Bertz CT molecular complexity index is 1170. The standard InChI is InChI=1S/C27H37N3O6S/c1-5-20(4)28-27(32)23(6-2)29(18-21-11-9-8-10-12-21)26(31)19-30(37(33,34)7-3)22-13-14-24-25(17-22)36-16-15-35-24/h8-14,17,20,23H,5-7,15-16,18-19H2,1-4H3,(H,28,32)/t20-,23+/m1/s1. The van der Waals surface area contributed by atoms with E-state index in [9.17, 15) is 18.0 Å². The van der Waals surface area contributed by atoms with Gasteiger partial charge in [-0.25, -0.2) is 8.42 Å². The topological polar surface area (TPSA) is 105 Å². The largest absolute Gasteiger partial charge is 0.486 e. The quantitative estimate of drug-likeness (QED) is 0.451. The fourth-order valence-corrected chi connectivity index (χ4v) is 5.10. The van der Waals surface area contributed by atoms with Crippen LogP contribution in [0.15, 0.2) is 48.5 Å². The Labute approximate surface area is 219 Å². The Balaban J connectivity index is 1.96. The third-order valence-corrected chi connectivity index (χ3v) is 8.12. The van der Waals surface area contributed by atoms with Gasteiger partial charge in [-0.3, -0.25) is 13.9 Å². The molecule has 0 fully saturated rings. The van der Waals surface area contributed by atoms with E-state index in [1.807, 2.05) is 51.1 Å².